The molecule has 16 rings (SSSR count). The third-order valence-electron chi connectivity index (χ3n) is 19.6. The van der Waals surface area contributed by atoms with E-state index in [1.165, 1.54) is 0 Å². The highest BCUT2D eigenvalue weighted by Crippen LogP contribution is 2.61. The van der Waals surface area contributed by atoms with Crippen LogP contribution in [0, 0.1) is 105 Å². The van der Waals surface area contributed by atoms with E-state index in [1.807, 2.05) is 78.6 Å². The first kappa shape index (κ1) is 86.4. The van der Waals surface area contributed by atoms with Crippen molar-refractivity contribution >= 4 is 31.3 Å². The summed E-state index contributed by atoms with van der Waals surface area (Å²) in [4.78, 5) is 103. The summed E-state index contributed by atoms with van der Waals surface area (Å²) in [5.74, 6) is -3.48. The van der Waals surface area contributed by atoms with Crippen LogP contribution in [-0.4, -0.2) is 133 Å². The maximum absolute atomic E-state index is 15.8. The largest absolute Gasteiger partial charge is 0.530 e. The Morgan fingerprint density at radius 1 is 0.398 bits per heavy atom. The van der Waals surface area contributed by atoms with Gasteiger partial charge in [0, 0.05) is 72.7 Å². The van der Waals surface area contributed by atoms with Crippen molar-refractivity contribution in [2.75, 3.05) is 26.3 Å². The van der Waals surface area contributed by atoms with Crippen LogP contribution in [0.5, 0.6) is 23.0 Å². The highest BCUT2D eigenvalue weighted by atomic mass is 31.2. The molecule has 128 heavy (non-hydrogen) atoms. The minimum atomic E-state index is -4.75. The van der Waals surface area contributed by atoms with Gasteiger partial charge in [-0.15, -0.1) is 25.7 Å². The van der Waals surface area contributed by atoms with Crippen LogP contribution in [0.25, 0.3) is 0 Å². The first-order valence-electron chi connectivity index (χ1n) is 40.7. The normalized spacial score (nSPS) is 31.3. The zero-order valence-corrected chi connectivity index (χ0v) is 71.7. The molecule has 0 radical (unpaired) electrons. The van der Waals surface area contributed by atoms with Crippen LogP contribution < -0.4 is 63.1 Å². The molecule has 0 amide bonds. The highest BCUT2D eigenvalue weighted by Gasteiger charge is 2.55. The molecule has 8 aromatic rings. The zero-order chi connectivity index (χ0) is 98.5. The predicted octanol–water partition coefficient (Wildman–Crippen LogP) is 7.26. The molecule has 12 heterocycles. The summed E-state index contributed by atoms with van der Waals surface area (Å²) in [5.41, 5.74) is -0.602. The maximum Gasteiger partial charge on any atom is 0.530 e. The van der Waals surface area contributed by atoms with Gasteiger partial charge in [0.1, 0.15) is 96.0 Å². The van der Waals surface area contributed by atoms with Crippen molar-refractivity contribution in [2.45, 2.75) is 180 Å². The maximum atomic E-state index is 15.8. The number of phosphoric ester groups is 4. The second-order valence-electron chi connectivity index (χ2n) is 29.9. The van der Waals surface area contributed by atoms with Gasteiger partial charge >= 0.3 is 54.0 Å². The Hall–Kier alpha value is -11.0. The third-order valence-corrected chi connectivity index (χ3v) is 24.6. The molecule has 0 bridgehead atoms. The molecule has 8 aliphatic heterocycles. The van der Waals surface area contributed by atoms with Crippen molar-refractivity contribution in [3.63, 3.8) is 0 Å². The van der Waals surface area contributed by atoms with E-state index >= 15 is 17.6 Å². The molecule has 4 unspecified atom stereocenters. The summed E-state index contributed by atoms with van der Waals surface area (Å²) in [5, 5.41) is 41.4. The molecule has 680 valence electrons. The number of benzene rings is 4. The van der Waals surface area contributed by atoms with Crippen molar-refractivity contribution in [2.24, 2.45) is 0 Å². The number of aliphatic hydroxyl groups is 4. The molecule has 0 aliphatic carbocycles. The van der Waals surface area contributed by atoms with E-state index in [2.05, 4.69) is 5.92 Å². The van der Waals surface area contributed by atoms with Crippen LogP contribution in [-0.2, 0) is 99.8 Å². The lowest BCUT2D eigenvalue weighted by molar-refractivity contribution is -0.179. The van der Waals surface area contributed by atoms with Crippen molar-refractivity contribution in [3.05, 3.63) is 246 Å². The molecule has 8 aliphatic rings. The van der Waals surface area contributed by atoms with E-state index in [4.69, 9.17) is 107 Å². The number of nitrogens with one attached hydrogen (secondary N) is 4. The van der Waals surface area contributed by atoms with Gasteiger partial charge in [-0.3, -0.25) is 93.6 Å². The third kappa shape index (κ3) is 20.7. The minimum Gasteiger partial charge on any atom is -0.403 e. The van der Waals surface area contributed by atoms with Crippen molar-refractivity contribution in [1.29, 1.82) is 0 Å². The summed E-state index contributed by atoms with van der Waals surface area (Å²) >= 11 is 0. The van der Waals surface area contributed by atoms with Gasteiger partial charge < -0.3 is 57.5 Å². The molecule has 4 saturated heterocycles. The lowest BCUT2D eigenvalue weighted by Crippen LogP contribution is -2.37. The fourth-order valence-corrected chi connectivity index (χ4v) is 19.0. The summed E-state index contributed by atoms with van der Waals surface area (Å²) in [6.07, 6.45) is 4.25. The molecule has 40 nitrogen and oxygen atoms in total. The number of aromatic nitrogens is 8. The van der Waals surface area contributed by atoms with Crippen molar-refractivity contribution < 1.29 is 138 Å². The number of terminal acetylenes is 4. The Morgan fingerprint density at radius 2 is 0.641 bits per heavy atom. The van der Waals surface area contributed by atoms with Crippen LogP contribution in [0.3, 0.4) is 0 Å². The molecular weight excluding hydrogens is 1780 g/mol. The monoisotopic (exact) mass is 1870 g/mol. The summed E-state index contributed by atoms with van der Waals surface area (Å²) in [6, 6.07) is 14.1. The topological polar surface area (TPSA) is 516 Å². The van der Waals surface area contributed by atoms with E-state index in [0.717, 1.165) is 51.0 Å². The first-order chi connectivity index (χ1) is 62.3. The van der Waals surface area contributed by atoms with Gasteiger partial charge in [-0.25, -0.2) is 55.0 Å². The molecule has 0 spiro atoms. The van der Waals surface area contributed by atoms with Gasteiger partial charge in [-0.1, -0.05) is 94.5 Å². The van der Waals surface area contributed by atoms with Gasteiger partial charge in [0.05, 0.1) is 34.7 Å². The van der Waals surface area contributed by atoms with Crippen LogP contribution in [0.4, 0.5) is 17.6 Å². The number of alkyl halides is 4. The number of rotatable bonds is 16. The Morgan fingerprint density at radius 3 is 0.953 bits per heavy atom. The van der Waals surface area contributed by atoms with Gasteiger partial charge in [0.25, 0.3) is 22.2 Å². The molecular formula is C80H80F4N8O32P4. The quantitative estimate of drug-likeness (QED) is 0.0268. The van der Waals surface area contributed by atoms with E-state index in [-0.39, 0.29) is 54.6 Å². The second-order valence-corrected chi connectivity index (χ2v) is 36.1. The fraction of sp³-hybridized carbons (Fsp3) is 0.400. The Balaban J connectivity index is 0.000000152. The average molecular weight is 1870 g/mol. The number of ether oxygens (including phenoxy) is 4. The molecule has 48 heteroatoms. The Labute approximate surface area is 729 Å². The molecule has 16 atom stereocenters. The number of H-pyrrole nitrogens is 4. The molecule has 4 aromatic heterocycles. The van der Waals surface area contributed by atoms with E-state index in [9.17, 15) is 77.0 Å². The lowest BCUT2D eigenvalue weighted by Gasteiger charge is -2.28. The van der Waals surface area contributed by atoms with Gasteiger partial charge in [-0.05, 0) is 77.6 Å². The van der Waals surface area contributed by atoms with Gasteiger partial charge in [0.15, 0.2) is 24.9 Å². The van der Waals surface area contributed by atoms with E-state index in [0.29, 0.717) is 70.3 Å². The van der Waals surface area contributed by atoms with Gasteiger partial charge in [-0.2, -0.15) is 0 Å². The van der Waals surface area contributed by atoms with Crippen molar-refractivity contribution in [3.8, 4) is 72.4 Å². The molecule has 0 saturated carbocycles. The fourth-order valence-electron chi connectivity index (χ4n) is 14.1. The zero-order valence-electron chi connectivity index (χ0n) is 74.1. The van der Waals surface area contributed by atoms with Crippen molar-refractivity contribution in [1.82, 2.24) is 38.2 Å². The average Bonchev–Trinajstić information content (AvgIpc) is 1.57. The SMILES string of the molecule is C#Cc1cn([C@@H]2O[C@](F)(COP3(=O)OCc4cc(C)cc(C)c4O3)C[C@H]2O)c(=O)[nH]c1=O.[2H]C([2H])(OP1(=O)OCc2cc(C)cc(C)c2O1)[C@]1(F)C[C@@H](O)[C@H](n2cc(C#C)c(=O)[nH]c2=O)O1.[2H]C([2H])(OP1(=O)OCc2cc(C)cc(C)c2O1)[C@]1(F)C[C@@H](O)[C@]([2H])(n2cc(C#C)c(=O)[nH]c2=O)O1.[2H][C@@]1(n2cc(C#C)c(=O)[nH]c2=O)O[C@](F)(COP2(=O)OCc3cc(C)cc(C)c3O2)C[C@H]1O. The summed E-state index contributed by atoms with van der Waals surface area (Å²) in [6.45, 7) is 4.60. The molecule has 4 aromatic carbocycles. The smallest absolute Gasteiger partial charge is 0.403 e. The van der Waals surface area contributed by atoms with E-state index in [1.54, 1.807) is 63.0 Å². The second kappa shape index (κ2) is 36.5. The number of aromatic amines is 4. The Bertz CT molecular complexity index is 7050. The predicted molar refractivity (Wildman–Crippen MR) is 435 cm³/mol. The number of halogens is 4. The Kier molecular flexibility index (Phi) is 24.7. The number of nitrogens with zero attached hydrogens (tertiary/aromatic N) is 4. The summed E-state index contributed by atoms with van der Waals surface area (Å²) < 4.78 is 248. The summed E-state index contributed by atoms with van der Waals surface area (Å²) in [7, 11) is -17.8. The van der Waals surface area contributed by atoms with Crippen LogP contribution in [0.15, 0.2) is 112 Å². The number of aliphatic hydroxyl groups excluding tert-OH is 4. The number of hydrogen-bond acceptors (Lipinski definition) is 32. The number of fused-ring (bicyclic) bond motifs is 4. The van der Waals surface area contributed by atoms with Crippen LogP contribution in [0.2, 0.25) is 0 Å². The van der Waals surface area contributed by atoms with E-state index < -0.39 is 207 Å². The van der Waals surface area contributed by atoms with Crippen LogP contribution >= 0.6 is 31.3 Å². The number of aryl methyl sites for hydroxylation is 8. The van der Waals surface area contributed by atoms with Gasteiger partial charge in [0.2, 0.25) is 23.4 Å². The minimum absolute atomic E-state index is 0.0534. The standard InChI is InChI=1S/4C20H20FN2O8P/c4*1-4-13-8-23(19(26)22-17(13)25)18-15(24)7-20(21,30-18)10-29-32(27)28-9-14-6-11(2)5-12(3)16(14)31-32/h4*1,5-6,8,15,18,24H,7,9-10H2,2-3H3,(H,22,25,26)/t4*15-,18-,20+,32?/m1111/s1/i10D2,18D;18D;10D2;. The molecule has 4 fully saturated rings. The number of phosphoric acid groups is 4. The first-order valence-corrected chi connectivity index (χ1v) is 43.6. The highest BCUT2D eigenvalue weighted by molar-refractivity contribution is 7.49. The number of hydrogen-bond donors (Lipinski definition) is 8. The lowest BCUT2D eigenvalue weighted by atomic mass is 10.1. The molecule has 8 N–H and O–H groups in total. The van der Waals surface area contributed by atoms with Crippen LogP contribution in [0.1, 0.15) is 148 Å².